The number of furan rings is 1. The Labute approximate surface area is 178 Å². The lowest BCUT2D eigenvalue weighted by Crippen LogP contribution is -2.12. The number of carbonyl (C=O) groups is 2. The van der Waals surface area contributed by atoms with Crippen LogP contribution in [0, 0.1) is 6.92 Å². The highest BCUT2D eigenvalue weighted by molar-refractivity contribution is 6.35. The van der Waals surface area contributed by atoms with Gasteiger partial charge in [-0.15, -0.1) is 0 Å². The van der Waals surface area contributed by atoms with Gasteiger partial charge in [-0.2, -0.15) is 0 Å². The highest BCUT2D eigenvalue weighted by Gasteiger charge is 2.17. The number of hydrogen-bond donors (Lipinski definition) is 1. The Morgan fingerprint density at radius 1 is 1.03 bits per heavy atom. The molecule has 0 atom stereocenters. The highest BCUT2D eigenvalue weighted by Crippen LogP contribution is 2.30. The van der Waals surface area contributed by atoms with Gasteiger partial charge in [0, 0.05) is 21.3 Å². The lowest BCUT2D eigenvalue weighted by Gasteiger charge is -2.06. The maximum atomic E-state index is 12.7. The molecule has 0 aliphatic carbocycles. The van der Waals surface area contributed by atoms with Crippen LogP contribution in [0.15, 0.2) is 52.9 Å². The predicted octanol–water partition coefficient (Wildman–Crippen LogP) is 6.38. The summed E-state index contributed by atoms with van der Waals surface area (Å²) in [5, 5.41) is 3.75. The third kappa shape index (κ3) is 5.19. The van der Waals surface area contributed by atoms with Crippen LogP contribution in [-0.4, -0.2) is 18.5 Å². The van der Waals surface area contributed by atoms with Crippen LogP contribution >= 0.6 is 23.2 Å². The molecule has 0 saturated carbocycles. The van der Waals surface area contributed by atoms with E-state index in [1.165, 1.54) is 0 Å². The van der Waals surface area contributed by atoms with E-state index in [0.29, 0.717) is 50.6 Å². The smallest absolute Gasteiger partial charge is 0.338 e. The summed E-state index contributed by atoms with van der Waals surface area (Å²) in [7, 11) is 0. The zero-order valence-corrected chi connectivity index (χ0v) is 17.4. The molecule has 3 rings (SSSR count). The van der Waals surface area contributed by atoms with Crippen LogP contribution in [0.4, 0.5) is 5.69 Å². The predicted molar refractivity (Wildman–Crippen MR) is 114 cm³/mol. The van der Waals surface area contributed by atoms with Gasteiger partial charge in [0.1, 0.15) is 11.5 Å². The quantitative estimate of drug-likeness (QED) is 0.459. The molecule has 7 heteroatoms. The maximum absolute atomic E-state index is 12.7. The molecule has 0 aliphatic heterocycles. The van der Waals surface area contributed by atoms with Crippen molar-refractivity contribution in [3.8, 4) is 11.3 Å². The van der Waals surface area contributed by atoms with Gasteiger partial charge in [0.05, 0.1) is 17.7 Å². The summed E-state index contributed by atoms with van der Waals surface area (Å²) < 4.78 is 10.8. The third-order valence-electron chi connectivity index (χ3n) is 4.13. The molecule has 1 N–H and O–H groups in total. The lowest BCUT2D eigenvalue weighted by molar-refractivity contribution is 0.0505. The fourth-order valence-electron chi connectivity index (χ4n) is 2.71. The average Bonchev–Trinajstić information content (AvgIpc) is 3.08. The van der Waals surface area contributed by atoms with Crippen LogP contribution in [0.5, 0.6) is 0 Å². The van der Waals surface area contributed by atoms with Gasteiger partial charge in [0.2, 0.25) is 0 Å². The van der Waals surface area contributed by atoms with Crippen molar-refractivity contribution < 1.29 is 18.7 Å². The second-order valence-electron chi connectivity index (χ2n) is 6.41. The number of aryl methyl sites for hydroxylation is 1. The summed E-state index contributed by atoms with van der Waals surface area (Å²) in [5.74, 6) is 0.242. The largest absolute Gasteiger partial charge is 0.462 e. The Morgan fingerprint density at radius 2 is 1.69 bits per heavy atom. The van der Waals surface area contributed by atoms with E-state index in [1.807, 2.05) is 6.92 Å². The summed E-state index contributed by atoms with van der Waals surface area (Å²) in [4.78, 5) is 24.5. The number of ether oxygens (including phenoxy) is 1. The lowest BCUT2D eigenvalue weighted by atomic mass is 10.1. The Kier molecular flexibility index (Phi) is 6.62. The van der Waals surface area contributed by atoms with E-state index >= 15 is 0 Å². The Balaban J connectivity index is 1.74. The Bertz CT molecular complexity index is 1020. The third-order valence-corrected chi connectivity index (χ3v) is 4.56. The minimum Gasteiger partial charge on any atom is -0.462 e. The fourth-order valence-corrected chi connectivity index (χ4v) is 3.24. The molecule has 3 aromatic rings. The van der Waals surface area contributed by atoms with E-state index in [4.69, 9.17) is 32.4 Å². The summed E-state index contributed by atoms with van der Waals surface area (Å²) in [6.07, 6.45) is 0.757. The first-order valence-corrected chi connectivity index (χ1v) is 9.78. The minimum atomic E-state index is -0.389. The molecular weight excluding hydrogens is 413 g/mol. The van der Waals surface area contributed by atoms with E-state index in [0.717, 1.165) is 6.42 Å². The molecule has 0 saturated heterocycles. The molecule has 1 heterocycles. The molecule has 150 valence electrons. The number of anilines is 1. The van der Waals surface area contributed by atoms with Crippen LogP contribution in [0.25, 0.3) is 11.3 Å². The van der Waals surface area contributed by atoms with E-state index in [9.17, 15) is 9.59 Å². The van der Waals surface area contributed by atoms with Gasteiger partial charge in [-0.05, 0) is 61.9 Å². The summed E-state index contributed by atoms with van der Waals surface area (Å²) in [6, 6.07) is 13.2. The number of benzene rings is 2. The van der Waals surface area contributed by atoms with E-state index in [2.05, 4.69) is 5.32 Å². The number of nitrogens with one attached hydrogen (secondary N) is 1. The number of rotatable bonds is 6. The topological polar surface area (TPSA) is 68.5 Å². The standard InChI is InChI=1S/C22H19Cl2NO4/c1-3-8-28-22(27)14-4-6-18(7-5-14)25-21(26)19-12-20(29-13(19)2)15-9-16(23)11-17(24)10-15/h4-7,9-12H,3,8H2,1-2H3,(H,25,26). The number of halogens is 2. The van der Waals surface area contributed by atoms with E-state index < -0.39 is 0 Å². The first-order valence-electron chi connectivity index (χ1n) is 9.03. The molecule has 5 nitrogen and oxygen atoms in total. The van der Waals surface area contributed by atoms with E-state index in [-0.39, 0.29) is 11.9 Å². The zero-order chi connectivity index (χ0) is 21.0. The number of carbonyl (C=O) groups excluding carboxylic acids is 2. The van der Waals surface area contributed by atoms with E-state index in [1.54, 1.807) is 55.5 Å². The molecule has 1 amide bonds. The molecule has 0 fully saturated rings. The fraction of sp³-hybridized carbons (Fsp3) is 0.182. The van der Waals surface area contributed by atoms with Crippen molar-refractivity contribution in [2.45, 2.75) is 20.3 Å². The van der Waals surface area contributed by atoms with Gasteiger partial charge in [0.25, 0.3) is 5.91 Å². The van der Waals surface area contributed by atoms with Gasteiger partial charge < -0.3 is 14.5 Å². The van der Waals surface area contributed by atoms with Gasteiger partial charge in [0.15, 0.2) is 0 Å². The van der Waals surface area contributed by atoms with Crippen molar-refractivity contribution in [2.24, 2.45) is 0 Å². The Morgan fingerprint density at radius 3 is 2.31 bits per heavy atom. The van der Waals surface area contributed by atoms with Crippen LogP contribution < -0.4 is 5.32 Å². The van der Waals surface area contributed by atoms with Crippen LogP contribution in [0.2, 0.25) is 10.0 Å². The molecule has 1 aromatic heterocycles. The average molecular weight is 432 g/mol. The maximum Gasteiger partial charge on any atom is 0.338 e. The number of amides is 1. The summed E-state index contributed by atoms with van der Waals surface area (Å²) in [5.41, 5.74) is 2.05. The van der Waals surface area contributed by atoms with Gasteiger partial charge in [-0.25, -0.2) is 4.79 Å². The van der Waals surface area contributed by atoms with Crippen LogP contribution in [0.3, 0.4) is 0 Å². The normalized spacial score (nSPS) is 10.6. The van der Waals surface area contributed by atoms with Gasteiger partial charge in [-0.3, -0.25) is 4.79 Å². The number of esters is 1. The molecule has 0 bridgehead atoms. The molecule has 29 heavy (non-hydrogen) atoms. The second kappa shape index (κ2) is 9.16. The van der Waals surface area contributed by atoms with Crippen molar-refractivity contribution in [1.82, 2.24) is 0 Å². The summed E-state index contributed by atoms with van der Waals surface area (Å²) in [6.45, 7) is 4.00. The Hall–Kier alpha value is -2.76. The highest BCUT2D eigenvalue weighted by atomic mass is 35.5. The molecule has 0 spiro atoms. The van der Waals surface area contributed by atoms with Crippen molar-refractivity contribution in [3.05, 3.63) is 75.5 Å². The van der Waals surface area contributed by atoms with Crippen molar-refractivity contribution in [2.75, 3.05) is 11.9 Å². The van der Waals surface area contributed by atoms with Crippen molar-refractivity contribution >= 4 is 40.8 Å². The van der Waals surface area contributed by atoms with Gasteiger partial charge in [-0.1, -0.05) is 30.1 Å². The van der Waals surface area contributed by atoms with Crippen LogP contribution in [0.1, 0.15) is 39.8 Å². The first-order chi connectivity index (χ1) is 13.9. The number of hydrogen-bond acceptors (Lipinski definition) is 4. The van der Waals surface area contributed by atoms with Crippen LogP contribution in [-0.2, 0) is 4.74 Å². The minimum absolute atomic E-state index is 0.327. The molecular formula is C22H19Cl2NO4. The summed E-state index contributed by atoms with van der Waals surface area (Å²) >= 11 is 12.1. The molecule has 0 aliphatic rings. The molecule has 0 unspecified atom stereocenters. The SMILES string of the molecule is CCCOC(=O)c1ccc(NC(=O)c2cc(-c3cc(Cl)cc(Cl)c3)oc2C)cc1. The zero-order valence-electron chi connectivity index (χ0n) is 15.9. The first kappa shape index (κ1) is 21.0. The second-order valence-corrected chi connectivity index (χ2v) is 7.28. The monoisotopic (exact) mass is 431 g/mol. The molecule has 2 aromatic carbocycles. The van der Waals surface area contributed by atoms with Crippen molar-refractivity contribution in [3.63, 3.8) is 0 Å². The van der Waals surface area contributed by atoms with Crippen molar-refractivity contribution in [1.29, 1.82) is 0 Å². The molecule has 0 radical (unpaired) electrons. The van der Waals surface area contributed by atoms with Gasteiger partial charge >= 0.3 is 5.97 Å².